The summed E-state index contributed by atoms with van der Waals surface area (Å²) in [6, 6.07) is 0. The van der Waals surface area contributed by atoms with Crippen molar-refractivity contribution in [3.63, 3.8) is 0 Å². The molecule has 0 saturated carbocycles. The predicted molar refractivity (Wildman–Crippen MR) is 103 cm³/mol. The van der Waals surface area contributed by atoms with E-state index in [1.54, 1.807) is 0 Å². The van der Waals surface area contributed by atoms with Crippen LogP contribution >= 0.6 is 23.5 Å². The van der Waals surface area contributed by atoms with Gasteiger partial charge in [-0.25, -0.2) is 27.3 Å². The molecule has 1 aliphatic rings. The van der Waals surface area contributed by atoms with Crippen molar-refractivity contribution in [2.45, 2.75) is 24.0 Å². The summed E-state index contributed by atoms with van der Waals surface area (Å²) in [4.78, 5) is 51.0. The molecule has 17 nitrogen and oxygen atoms in total. The summed E-state index contributed by atoms with van der Waals surface area (Å²) in [7, 11) is -17.1. The van der Waals surface area contributed by atoms with Crippen LogP contribution in [0.3, 0.4) is 0 Å². The Kier molecular flexibility index (Phi) is 8.56. The molecule has 0 aromatic carbocycles. The fraction of sp³-hybridized carbons (Fsp3) is 0.500. The average Bonchev–Trinajstić information content (AvgIpc) is 2.90. The summed E-state index contributed by atoms with van der Waals surface area (Å²) in [5, 5.41) is 10.5. The Bertz CT molecular complexity index is 1200. The monoisotopic (exact) mass is 556 g/mol. The van der Waals surface area contributed by atoms with Crippen LogP contribution in [0.1, 0.15) is 6.23 Å². The average molecular weight is 556 g/mol. The molecule has 0 aliphatic carbocycles. The fourth-order valence-electron chi connectivity index (χ4n) is 2.65. The van der Waals surface area contributed by atoms with E-state index in [4.69, 9.17) is 30.9 Å². The number of ether oxygens (including phenoxy) is 1. The summed E-state index contributed by atoms with van der Waals surface area (Å²) in [6.07, 6.45) is -5.21. The van der Waals surface area contributed by atoms with E-state index in [1.165, 1.54) is 0 Å². The van der Waals surface area contributed by atoms with Gasteiger partial charge in [0.25, 0.3) is 0 Å². The number of halogens is 2. The maximum Gasteiger partial charge on any atom is 0.490 e. The van der Waals surface area contributed by atoms with E-state index in [9.17, 15) is 37.3 Å². The molecule has 1 aromatic heterocycles. The number of nitrogen functional groups attached to an aromatic ring is 1. The number of alkyl halides is 1. The molecule has 22 heteroatoms. The zero-order valence-corrected chi connectivity index (χ0v) is 19.1. The molecule has 6 atom stereocenters. The first-order chi connectivity index (χ1) is 15.4. The van der Waals surface area contributed by atoms with Gasteiger partial charge in [-0.3, -0.25) is 9.09 Å². The number of hydrogen-bond acceptors (Lipinski definition) is 12. The summed E-state index contributed by atoms with van der Waals surface area (Å²) in [5.74, 6) is 1.97. The lowest BCUT2D eigenvalue weighted by atomic mass is 9.91. The van der Waals surface area contributed by atoms with Crippen LogP contribution in [-0.4, -0.2) is 65.3 Å². The number of hydrogen-bond donors (Lipinski definition) is 7. The molecule has 0 bridgehead atoms. The molecular formula is C12H17F2N4O13P3. The van der Waals surface area contributed by atoms with Gasteiger partial charge in [-0.05, 0) is 0 Å². The normalized spacial score (nSPS) is 28.5. The van der Waals surface area contributed by atoms with Gasteiger partial charge in [-0.15, -0.1) is 0 Å². The second kappa shape index (κ2) is 10.2. The molecule has 0 spiro atoms. The third-order valence-corrected chi connectivity index (χ3v) is 7.73. The Balaban J connectivity index is 2.30. The van der Waals surface area contributed by atoms with Gasteiger partial charge in [0.15, 0.2) is 23.4 Å². The third-order valence-electron chi connectivity index (χ3n) is 3.93. The first kappa shape index (κ1) is 28.6. The van der Waals surface area contributed by atoms with Crippen LogP contribution in [0.5, 0.6) is 0 Å². The Morgan fingerprint density at radius 2 is 1.85 bits per heavy atom. The first-order valence-corrected chi connectivity index (χ1v) is 12.9. The van der Waals surface area contributed by atoms with Crippen molar-refractivity contribution in [1.82, 2.24) is 9.55 Å². The van der Waals surface area contributed by atoms with Gasteiger partial charge in [-0.1, -0.05) is 11.8 Å². The van der Waals surface area contributed by atoms with Crippen molar-refractivity contribution < 1.29 is 65.0 Å². The largest absolute Gasteiger partial charge is 0.490 e. The highest BCUT2D eigenvalue weighted by molar-refractivity contribution is 7.66. The number of anilines is 1. The Morgan fingerprint density at radius 1 is 1.24 bits per heavy atom. The molecule has 1 fully saturated rings. The van der Waals surface area contributed by atoms with Gasteiger partial charge >= 0.3 is 29.2 Å². The van der Waals surface area contributed by atoms with E-state index < -0.39 is 78.0 Å². The quantitative estimate of drug-likeness (QED) is 0.138. The number of phosphoric acid groups is 3. The molecule has 34 heavy (non-hydrogen) atoms. The second-order valence-electron chi connectivity index (χ2n) is 6.39. The maximum atomic E-state index is 13.9. The van der Waals surface area contributed by atoms with Gasteiger partial charge in [-0.2, -0.15) is 13.6 Å². The third kappa shape index (κ3) is 6.97. The van der Waals surface area contributed by atoms with Crippen LogP contribution in [0.4, 0.5) is 14.6 Å². The number of aliphatic hydroxyl groups is 1. The van der Waals surface area contributed by atoms with Crippen LogP contribution in [0.15, 0.2) is 11.0 Å². The van der Waals surface area contributed by atoms with Crippen molar-refractivity contribution in [1.29, 1.82) is 0 Å². The summed E-state index contributed by atoms with van der Waals surface area (Å²) in [5.41, 5.74) is 7.55. The molecule has 2 rings (SSSR count). The van der Waals surface area contributed by atoms with Crippen LogP contribution in [0, 0.1) is 17.7 Å². The van der Waals surface area contributed by atoms with E-state index in [-0.39, 0.29) is 0 Å². The molecule has 0 radical (unpaired) electrons. The van der Waals surface area contributed by atoms with Gasteiger partial charge in [0.05, 0.1) is 12.8 Å². The van der Waals surface area contributed by atoms with Crippen LogP contribution < -0.4 is 17.2 Å². The minimum Gasteiger partial charge on any atom is -0.387 e. The standard InChI is InChI=1S/C12H17F2N4O13P3/c13-3-1-2-12(16)8(19)7(29-10(12)18-4-6(14)9(15)17-11(18)20)5-28-33(24,25)31-34(26,27)30-32(21,22)23/h4,7-8,10,19H,3,5,16H2,(H,24,25)(H,26,27)(H2,15,17,20)(H2,21,22,23)/t7-,8+,10-,12?/m1/s1. The van der Waals surface area contributed by atoms with Crippen molar-refractivity contribution in [3.05, 3.63) is 22.5 Å². The van der Waals surface area contributed by atoms with Crippen LogP contribution in [-0.2, 0) is 31.6 Å². The molecule has 0 amide bonds. The lowest BCUT2D eigenvalue weighted by Crippen LogP contribution is -2.55. The molecule has 192 valence electrons. The predicted octanol–water partition coefficient (Wildman–Crippen LogP) is -1.76. The maximum absolute atomic E-state index is 13.9. The SMILES string of the molecule is Nc1nc(=O)n([C@@H]2O[C@H](COP(=O)(O)OP(=O)(O)OP(=O)(O)O)[C@H](O)C2(N)C#CCF)cc1F. The van der Waals surface area contributed by atoms with E-state index in [2.05, 4.69) is 24.0 Å². The first-order valence-electron chi connectivity index (χ1n) is 8.41. The van der Waals surface area contributed by atoms with E-state index in [1.807, 2.05) is 5.92 Å². The number of aromatic nitrogens is 2. The number of phosphoric ester groups is 1. The van der Waals surface area contributed by atoms with Gasteiger partial charge in [0.2, 0.25) is 0 Å². The van der Waals surface area contributed by atoms with Crippen molar-refractivity contribution in [3.8, 4) is 11.8 Å². The van der Waals surface area contributed by atoms with E-state index in [0.717, 1.165) is 0 Å². The number of rotatable bonds is 8. The fourth-order valence-corrected chi connectivity index (χ4v) is 5.68. The topological polar surface area (TPSA) is 276 Å². The van der Waals surface area contributed by atoms with Gasteiger partial charge in [0, 0.05) is 0 Å². The molecule has 1 aromatic rings. The minimum absolute atomic E-state index is 0.409. The Hall–Kier alpha value is -1.61. The van der Waals surface area contributed by atoms with Crippen molar-refractivity contribution in [2.75, 3.05) is 19.0 Å². The van der Waals surface area contributed by atoms with Crippen LogP contribution in [0.2, 0.25) is 0 Å². The molecule has 1 aliphatic heterocycles. The van der Waals surface area contributed by atoms with Gasteiger partial charge in [0.1, 0.15) is 18.9 Å². The number of nitrogens with two attached hydrogens (primary N) is 2. The summed E-state index contributed by atoms with van der Waals surface area (Å²) < 4.78 is 77.4. The Labute approximate surface area is 187 Å². The molecule has 1 saturated heterocycles. The number of nitrogens with zero attached hydrogens (tertiary/aromatic N) is 2. The second-order valence-corrected chi connectivity index (χ2v) is 10.8. The van der Waals surface area contributed by atoms with Crippen molar-refractivity contribution in [2.24, 2.45) is 5.73 Å². The Morgan fingerprint density at radius 3 is 2.41 bits per heavy atom. The smallest absolute Gasteiger partial charge is 0.387 e. The zero-order chi connectivity index (χ0) is 26.1. The van der Waals surface area contributed by atoms with E-state index >= 15 is 0 Å². The number of aliphatic hydroxyl groups excluding tert-OH is 1. The molecule has 2 heterocycles. The minimum atomic E-state index is -5.83. The lowest BCUT2D eigenvalue weighted by molar-refractivity contribution is -0.0470. The molecule has 9 N–H and O–H groups in total. The summed E-state index contributed by atoms with van der Waals surface area (Å²) in [6.45, 7) is -2.47. The van der Waals surface area contributed by atoms with Crippen LogP contribution in [0.25, 0.3) is 0 Å². The molecule has 3 unspecified atom stereocenters. The summed E-state index contributed by atoms with van der Waals surface area (Å²) >= 11 is 0. The highest BCUT2D eigenvalue weighted by Gasteiger charge is 2.55. The zero-order valence-electron chi connectivity index (χ0n) is 16.4. The van der Waals surface area contributed by atoms with Crippen molar-refractivity contribution >= 4 is 29.3 Å². The molecular weight excluding hydrogens is 539 g/mol. The van der Waals surface area contributed by atoms with E-state index in [0.29, 0.717) is 10.8 Å². The highest BCUT2D eigenvalue weighted by atomic mass is 31.3. The van der Waals surface area contributed by atoms with Gasteiger partial charge < -0.3 is 40.9 Å². The lowest BCUT2D eigenvalue weighted by Gasteiger charge is -2.27. The highest BCUT2D eigenvalue weighted by Crippen LogP contribution is 2.66.